The molecular weight excluding hydrogens is 396 g/mol. The fourth-order valence-electron chi connectivity index (χ4n) is 2.43. The topological polar surface area (TPSA) is 86.6 Å². The van der Waals surface area contributed by atoms with Gasteiger partial charge in [-0.05, 0) is 41.8 Å². The summed E-state index contributed by atoms with van der Waals surface area (Å²) in [6.07, 6.45) is -0.136. The Hall–Kier alpha value is -1.52. The summed E-state index contributed by atoms with van der Waals surface area (Å²) in [6, 6.07) is 7.59. The summed E-state index contributed by atoms with van der Waals surface area (Å²) in [5.74, 6) is -0.193. The van der Waals surface area contributed by atoms with Gasteiger partial charge in [-0.1, -0.05) is 37.0 Å². The zero-order chi connectivity index (χ0) is 19.6. The van der Waals surface area contributed by atoms with E-state index in [9.17, 15) is 19.4 Å². The van der Waals surface area contributed by atoms with Crippen LogP contribution in [0, 0.1) is 0 Å². The third-order valence-electron chi connectivity index (χ3n) is 3.76. The van der Waals surface area contributed by atoms with E-state index in [1.165, 1.54) is 30.9 Å². The van der Waals surface area contributed by atoms with Crippen LogP contribution < -0.4 is 5.32 Å². The van der Waals surface area contributed by atoms with Crippen LogP contribution in [0.25, 0.3) is 0 Å². The molecule has 0 bridgehead atoms. The van der Waals surface area contributed by atoms with Crippen LogP contribution in [-0.2, 0) is 4.57 Å². The summed E-state index contributed by atoms with van der Waals surface area (Å²) in [7, 11) is -3.25. The Bertz CT molecular complexity index is 870. The summed E-state index contributed by atoms with van der Waals surface area (Å²) in [6.45, 7) is 5.06. The van der Waals surface area contributed by atoms with E-state index in [4.69, 9.17) is 23.2 Å². The van der Waals surface area contributed by atoms with Crippen LogP contribution in [0.1, 0.15) is 41.3 Å². The van der Waals surface area contributed by atoms with Crippen molar-refractivity contribution in [1.29, 1.82) is 0 Å². The van der Waals surface area contributed by atoms with Crippen LogP contribution in [0.2, 0.25) is 10.0 Å². The number of benzene rings is 2. The SMILES string of the molecule is CC(C)c1cc(C(=O)c2c(Cl)cc(NCP(C)(=O)O)cc2Cl)ccc1O. The van der Waals surface area contributed by atoms with Crippen LogP contribution in [0.15, 0.2) is 30.3 Å². The fraction of sp³-hybridized carbons (Fsp3) is 0.278. The van der Waals surface area contributed by atoms with Crippen molar-refractivity contribution in [3.63, 3.8) is 0 Å². The molecule has 0 aliphatic heterocycles. The summed E-state index contributed by atoms with van der Waals surface area (Å²) in [4.78, 5) is 22.2. The molecule has 0 radical (unpaired) electrons. The van der Waals surface area contributed by atoms with E-state index in [2.05, 4.69) is 5.32 Å². The number of ketones is 1. The second kappa shape index (κ2) is 8.01. The van der Waals surface area contributed by atoms with Gasteiger partial charge in [0.2, 0.25) is 7.37 Å². The van der Waals surface area contributed by atoms with Crippen LogP contribution in [-0.4, -0.2) is 28.7 Å². The summed E-state index contributed by atoms with van der Waals surface area (Å²) in [5.41, 5.74) is 1.61. The minimum absolute atomic E-state index is 0.0449. The number of anilines is 1. The zero-order valence-electron chi connectivity index (χ0n) is 14.6. The molecule has 0 heterocycles. The molecule has 0 aromatic heterocycles. The van der Waals surface area contributed by atoms with E-state index in [0.717, 1.165) is 0 Å². The van der Waals surface area contributed by atoms with Gasteiger partial charge < -0.3 is 15.3 Å². The molecule has 26 heavy (non-hydrogen) atoms. The van der Waals surface area contributed by atoms with Gasteiger partial charge in [-0.15, -0.1) is 0 Å². The van der Waals surface area contributed by atoms with Gasteiger partial charge in [-0.3, -0.25) is 9.36 Å². The lowest BCUT2D eigenvalue weighted by Crippen LogP contribution is -2.07. The molecule has 2 rings (SSSR count). The molecule has 0 aliphatic carbocycles. The van der Waals surface area contributed by atoms with Crippen molar-refractivity contribution in [3.8, 4) is 5.75 Å². The average Bonchev–Trinajstić information content (AvgIpc) is 2.51. The van der Waals surface area contributed by atoms with Crippen LogP contribution in [0.4, 0.5) is 5.69 Å². The first-order chi connectivity index (χ1) is 12.0. The first-order valence-electron chi connectivity index (χ1n) is 7.89. The summed E-state index contributed by atoms with van der Waals surface area (Å²) in [5, 5.41) is 13.0. The molecular formula is C18H20Cl2NO4P. The van der Waals surface area contributed by atoms with E-state index >= 15 is 0 Å². The molecule has 0 fully saturated rings. The number of carbonyl (C=O) groups excluding carboxylic acids is 1. The minimum Gasteiger partial charge on any atom is -0.508 e. The van der Waals surface area contributed by atoms with Crippen molar-refractivity contribution in [2.45, 2.75) is 19.8 Å². The Labute approximate surface area is 162 Å². The highest BCUT2D eigenvalue weighted by atomic mass is 35.5. The predicted molar refractivity (Wildman–Crippen MR) is 106 cm³/mol. The molecule has 8 heteroatoms. The summed E-state index contributed by atoms with van der Waals surface area (Å²) >= 11 is 12.5. The third-order valence-corrected chi connectivity index (χ3v) is 5.10. The molecule has 1 atom stereocenters. The number of halogens is 2. The van der Waals surface area contributed by atoms with Gasteiger partial charge in [-0.2, -0.15) is 0 Å². The number of rotatable bonds is 6. The highest BCUT2D eigenvalue weighted by Crippen LogP contribution is 2.37. The van der Waals surface area contributed by atoms with Crippen molar-refractivity contribution in [1.82, 2.24) is 0 Å². The molecule has 5 nitrogen and oxygen atoms in total. The first kappa shape index (κ1) is 20.8. The molecule has 0 amide bonds. The quantitative estimate of drug-likeness (QED) is 0.438. The Morgan fingerprint density at radius 2 is 1.77 bits per heavy atom. The second-order valence-electron chi connectivity index (χ2n) is 6.46. The van der Waals surface area contributed by atoms with Crippen LogP contribution >= 0.6 is 30.6 Å². The van der Waals surface area contributed by atoms with Gasteiger partial charge in [0.1, 0.15) is 5.75 Å². The summed E-state index contributed by atoms with van der Waals surface area (Å²) < 4.78 is 11.4. The second-order valence-corrected chi connectivity index (χ2v) is 9.69. The molecule has 1 unspecified atom stereocenters. The number of hydrogen-bond acceptors (Lipinski definition) is 4. The maximum absolute atomic E-state index is 12.8. The molecule has 2 aromatic rings. The Kier molecular flexibility index (Phi) is 6.41. The van der Waals surface area contributed by atoms with Crippen LogP contribution in [0.3, 0.4) is 0 Å². The Balaban J connectivity index is 2.38. The van der Waals surface area contributed by atoms with Crippen LogP contribution in [0.5, 0.6) is 5.75 Å². The smallest absolute Gasteiger partial charge is 0.216 e. The van der Waals surface area contributed by atoms with Gasteiger partial charge in [0, 0.05) is 17.9 Å². The van der Waals surface area contributed by atoms with Crippen molar-refractivity contribution < 1.29 is 19.4 Å². The van der Waals surface area contributed by atoms with Gasteiger partial charge in [-0.25, -0.2) is 0 Å². The zero-order valence-corrected chi connectivity index (χ0v) is 17.0. The maximum atomic E-state index is 12.8. The number of nitrogens with one attached hydrogen (secondary N) is 1. The lowest BCUT2D eigenvalue weighted by Gasteiger charge is -2.14. The van der Waals surface area contributed by atoms with Gasteiger partial charge >= 0.3 is 0 Å². The first-order valence-corrected chi connectivity index (χ1v) is 10.9. The molecule has 2 aromatic carbocycles. The highest BCUT2D eigenvalue weighted by molar-refractivity contribution is 7.57. The van der Waals surface area contributed by atoms with Gasteiger partial charge in [0.05, 0.1) is 21.9 Å². The Morgan fingerprint density at radius 3 is 2.27 bits per heavy atom. The standard InChI is InChI=1S/C18H20Cl2NO4P/c1-10(2)13-6-11(4-5-16(13)22)18(23)17-14(19)7-12(8-15(17)20)21-9-26(3,24)25/h4-8,10,21-22H,9H2,1-3H3,(H,24,25). The number of phenols is 1. The molecule has 0 aliphatic rings. The van der Waals surface area contributed by atoms with Gasteiger partial charge in [0.25, 0.3) is 0 Å². The van der Waals surface area contributed by atoms with Crippen molar-refractivity contribution >= 4 is 42.0 Å². The van der Waals surface area contributed by atoms with Crippen molar-refractivity contribution in [3.05, 3.63) is 57.1 Å². The molecule has 0 saturated carbocycles. The average molecular weight is 416 g/mol. The molecule has 3 N–H and O–H groups in total. The molecule has 0 saturated heterocycles. The minimum atomic E-state index is -3.25. The van der Waals surface area contributed by atoms with Crippen molar-refractivity contribution in [2.24, 2.45) is 0 Å². The number of phenolic OH excluding ortho intramolecular Hbond substituents is 1. The lowest BCUT2D eigenvalue weighted by atomic mass is 9.95. The number of carbonyl (C=O) groups is 1. The van der Waals surface area contributed by atoms with Crippen molar-refractivity contribution in [2.75, 3.05) is 18.3 Å². The van der Waals surface area contributed by atoms with E-state index < -0.39 is 7.37 Å². The van der Waals surface area contributed by atoms with E-state index in [1.54, 1.807) is 6.07 Å². The number of aromatic hydroxyl groups is 1. The molecule has 140 valence electrons. The van der Waals surface area contributed by atoms with Gasteiger partial charge in [0.15, 0.2) is 5.78 Å². The maximum Gasteiger partial charge on any atom is 0.216 e. The number of hydrogen-bond donors (Lipinski definition) is 3. The monoisotopic (exact) mass is 415 g/mol. The Morgan fingerprint density at radius 1 is 1.19 bits per heavy atom. The van der Waals surface area contributed by atoms with E-state index in [0.29, 0.717) is 16.8 Å². The highest BCUT2D eigenvalue weighted by Gasteiger charge is 2.20. The predicted octanol–water partition coefficient (Wildman–Crippen LogP) is 5.32. The lowest BCUT2D eigenvalue weighted by molar-refractivity contribution is 0.103. The van der Waals surface area contributed by atoms with E-state index in [-0.39, 0.29) is 39.3 Å². The van der Waals surface area contributed by atoms with E-state index in [1.807, 2.05) is 13.8 Å². The normalized spacial score (nSPS) is 13.5. The third kappa shape index (κ3) is 5.01. The fourth-order valence-corrected chi connectivity index (χ4v) is 3.57. The molecule has 0 spiro atoms. The largest absolute Gasteiger partial charge is 0.508 e.